The number of hydrogen-bond acceptors (Lipinski definition) is 7. The van der Waals surface area contributed by atoms with E-state index in [1.54, 1.807) is 12.1 Å². The fourth-order valence-corrected chi connectivity index (χ4v) is 4.18. The van der Waals surface area contributed by atoms with Crippen molar-refractivity contribution in [3.63, 3.8) is 0 Å². The maximum absolute atomic E-state index is 11.2. The van der Waals surface area contributed by atoms with Gasteiger partial charge >= 0.3 is 5.97 Å². The Morgan fingerprint density at radius 3 is 2.84 bits per heavy atom. The van der Waals surface area contributed by atoms with Crippen LogP contribution in [0.15, 0.2) is 40.9 Å². The van der Waals surface area contributed by atoms with Gasteiger partial charge in [0.2, 0.25) is 17.6 Å². The van der Waals surface area contributed by atoms with Crippen molar-refractivity contribution in [3.05, 3.63) is 42.1 Å². The molecule has 3 aromatic heterocycles. The van der Waals surface area contributed by atoms with Gasteiger partial charge in [0, 0.05) is 40.7 Å². The molecule has 0 saturated carbocycles. The quantitative estimate of drug-likeness (QED) is 0.502. The summed E-state index contributed by atoms with van der Waals surface area (Å²) in [7, 11) is 3.05. The lowest BCUT2D eigenvalue weighted by molar-refractivity contribution is -0.137. The van der Waals surface area contributed by atoms with E-state index in [-0.39, 0.29) is 12.3 Å². The van der Waals surface area contributed by atoms with E-state index in [9.17, 15) is 9.90 Å². The Balaban J connectivity index is 1.49. The molecule has 4 heterocycles. The number of aliphatic carboxylic acids is 1. The van der Waals surface area contributed by atoms with Crippen LogP contribution in [0.3, 0.4) is 0 Å². The molecule has 0 saturated heterocycles. The predicted molar refractivity (Wildman–Crippen MR) is 111 cm³/mol. The largest absolute Gasteiger partial charge is 0.481 e. The highest BCUT2D eigenvalue weighted by atomic mass is 16.5. The zero-order chi connectivity index (χ0) is 21.5. The zero-order valence-electron chi connectivity index (χ0n) is 17.0. The van der Waals surface area contributed by atoms with Crippen LogP contribution in [0.25, 0.3) is 33.7 Å². The summed E-state index contributed by atoms with van der Waals surface area (Å²) in [6.45, 7) is 0.826. The summed E-state index contributed by atoms with van der Waals surface area (Å²) in [4.78, 5) is 19.9. The van der Waals surface area contributed by atoms with Crippen molar-refractivity contribution in [2.75, 3.05) is 14.2 Å². The van der Waals surface area contributed by atoms with E-state index < -0.39 is 5.97 Å². The highest BCUT2D eigenvalue weighted by Crippen LogP contribution is 2.37. The second-order valence-electron chi connectivity index (χ2n) is 7.41. The maximum atomic E-state index is 11.2. The third kappa shape index (κ3) is 3.27. The number of fused-ring (bicyclic) bond motifs is 3. The molecule has 9 heteroatoms. The fourth-order valence-electron chi connectivity index (χ4n) is 4.18. The van der Waals surface area contributed by atoms with E-state index in [0.717, 1.165) is 35.1 Å². The van der Waals surface area contributed by atoms with Gasteiger partial charge in [-0.15, -0.1) is 0 Å². The number of hydrogen-bond donors (Lipinski definition) is 1. The van der Waals surface area contributed by atoms with Crippen LogP contribution in [0.4, 0.5) is 0 Å². The van der Waals surface area contributed by atoms with Crippen molar-refractivity contribution < 1.29 is 23.9 Å². The van der Waals surface area contributed by atoms with Crippen molar-refractivity contribution in [1.29, 1.82) is 0 Å². The molecule has 0 bridgehead atoms. The number of methoxy groups -OCH3 is 2. The number of carbonyl (C=O) groups is 1. The molecule has 1 aromatic carbocycles. The normalized spacial score (nSPS) is 15.2. The number of ether oxygens (including phenoxy) is 2. The highest BCUT2D eigenvalue weighted by molar-refractivity contribution is 5.86. The molecule has 31 heavy (non-hydrogen) atoms. The van der Waals surface area contributed by atoms with Crippen LogP contribution in [0.2, 0.25) is 0 Å². The van der Waals surface area contributed by atoms with Crippen LogP contribution < -0.4 is 9.47 Å². The lowest BCUT2D eigenvalue weighted by atomic mass is 10.0. The zero-order valence-corrected chi connectivity index (χ0v) is 17.0. The molecular weight excluding hydrogens is 400 g/mol. The Labute approximate surface area is 177 Å². The number of pyridine rings is 1. The van der Waals surface area contributed by atoms with Crippen molar-refractivity contribution in [3.8, 4) is 34.6 Å². The smallest absolute Gasteiger partial charge is 0.304 e. The van der Waals surface area contributed by atoms with Crippen LogP contribution in [-0.4, -0.2) is 45.0 Å². The van der Waals surface area contributed by atoms with Crippen LogP contribution in [0, 0.1) is 0 Å². The monoisotopic (exact) mass is 420 g/mol. The van der Waals surface area contributed by atoms with Crippen molar-refractivity contribution in [1.82, 2.24) is 19.7 Å². The molecule has 0 amide bonds. The SMILES string of the molecule is COc1ccc(-c2nc(-c3ccc4c(c3)cc3n4CCC3CC(=O)O)no2)c(OC)n1. The maximum Gasteiger partial charge on any atom is 0.304 e. The van der Waals surface area contributed by atoms with Crippen molar-refractivity contribution in [2.45, 2.75) is 25.3 Å². The van der Waals surface area contributed by atoms with Gasteiger partial charge in [-0.25, -0.2) is 0 Å². The number of benzene rings is 1. The van der Waals surface area contributed by atoms with E-state index in [2.05, 4.69) is 25.8 Å². The molecule has 158 valence electrons. The molecular formula is C22H20N4O5. The first-order chi connectivity index (χ1) is 15.1. The van der Waals surface area contributed by atoms with Gasteiger partial charge in [0.05, 0.1) is 20.6 Å². The Morgan fingerprint density at radius 1 is 1.19 bits per heavy atom. The number of carboxylic acid groups (broad SMARTS) is 1. The molecule has 1 atom stereocenters. The molecule has 1 unspecified atom stereocenters. The average molecular weight is 420 g/mol. The first kappa shape index (κ1) is 19.1. The van der Waals surface area contributed by atoms with Gasteiger partial charge in [-0.2, -0.15) is 9.97 Å². The standard InChI is InChI=1S/C22H20N4O5/c1-29-18-6-4-15(21(23-18)30-2)22-24-20(25-31-22)13-3-5-16-14(9-13)10-17-12(11-19(27)28)7-8-26(16)17/h3-6,9-10,12H,7-8,11H2,1-2H3,(H,27,28). The Morgan fingerprint density at radius 2 is 2.06 bits per heavy atom. The molecule has 1 aliphatic rings. The summed E-state index contributed by atoms with van der Waals surface area (Å²) < 4.78 is 18.1. The number of aryl methyl sites for hydroxylation is 1. The topological polar surface area (TPSA) is 113 Å². The third-order valence-corrected chi connectivity index (χ3v) is 5.63. The first-order valence-corrected chi connectivity index (χ1v) is 9.86. The van der Waals surface area contributed by atoms with Gasteiger partial charge in [0.1, 0.15) is 5.56 Å². The second kappa shape index (κ2) is 7.42. The van der Waals surface area contributed by atoms with Crippen molar-refractivity contribution in [2.24, 2.45) is 0 Å². The third-order valence-electron chi connectivity index (χ3n) is 5.63. The molecule has 1 aliphatic heterocycles. The summed E-state index contributed by atoms with van der Waals surface area (Å²) in [5.74, 6) is 0.769. The predicted octanol–water partition coefficient (Wildman–Crippen LogP) is 3.73. The highest BCUT2D eigenvalue weighted by Gasteiger charge is 2.27. The molecule has 0 radical (unpaired) electrons. The van der Waals surface area contributed by atoms with Gasteiger partial charge in [-0.3, -0.25) is 4.79 Å². The van der Waals surface area contributed by atoms with Crippen LogP contribution >= 0.6 is 0 Å². The summed E-state index contributed by atoms with van der Waals surface area (Å²) in [6, 6.07) is 11.5. The Hall–Kier alpha value is -3.88. The van der Waals surface area contributed by atoms with E-state index in [1.807, 2.05) is 18.2 Å². The van der Waals surface area contributed by atoms with E-state index in [1.165, 1.54) is 14.2 Å². The molecule has 0 aliphatic carbocycles. The van der Waals surface area contributed by atoms with E-state index in [4.69, 9.17) is 14.0 Å². The van der Waals surface area contributed by atoms with Crippen molar-refractivity contribution >= 4 is 16.9 Å². The van der Waals surface area contributed by atoms with E-state index in [0.29, 0.717) is 29.0 Å². The van der Waals surface area contributed by atoms with Gasteiger partial charge in [0.15, 0.2) is 0 Å². The van der Waals surface area contributed by atoms with Gasteiger partial charge in [-0.1, -0.05) is 5.16 Å². The number of rotatable bonds is 6. The minimum atomic E-state index is -0.771. The first-order valence-electron chi connectivity index (χ1n) is 9.86. The summed E-state index contributed by atoms with van der Waals surface area (Å²) in [5.41, 5.74) is 3.53. The Bertz CT molecular complexity index is 1290. The lowest BCUT2D eigenvalue weighted by Gasteiger charge is -2.05. The van der Waals surface area contributed by atoms with Crippen LogP contribution in [0.5, 0.6) is 11.8 Å². The number of carboxylic acids is 1. The average Bonchev–Trinajstić information content (AvgIpc) is 3.49. The Kier molecular flexibility index (Phi) is 4.58. The number of nitrogens with zero attached hydrogens (tertiary/aromatic N) is 4. The molecule has 9 nitrogen and oxygen atoms in total. The summed E-state index contributed by atoms with van der Waals surface area (Å²) >= 11 is 0. The minimum Gasteiger partial charge on any atom is -0.481 e. The van der Waals surface area contributed by atoms with E-state index >= 15 is 0 Å². The van der Waals surface area contributed by atoms with Gasteiger partial charge in [-0.05, 0) is 36.8 Å². The van der Waals surface area contributed by atoms with Crippen LogP contribution in [0.1, 0.15) is 24.5 Å². The molecule has 0 spiro atoms. The molecule has 0 fully saturated rings. The summed E-state index contributed by atoms with van der Waals surface area (Å²) in [5, 5.41) is 14.3. The minimum absolute atomic E-state index is 0.0418. The fraction of sp³-hybridized carbons (Fsp3) is 0.273. The molecule has 1 N–H and O–H groups in total. The molecule has 5 rings (SSSR count). The van der Waals surface area contributed by atoms with Gasteiger partial charge < -0.3 is 23.7 Å². The number of aromatic nitrogens is 4. The summed E-state index contributed by atoms with van der Waals surface area (Å²) in [6.07, 6.45) is 1.00. The van der Waals surface area contributed by atoms with Gasteiger partial charge in [0.25, 0.3) is 5.89 Å². The van der Waals surface area contributed by atoms with Crippen LogP contribution in [-0.2, 0) is 11.3 Å². The lowest BCUT2D eigenvalue weighted by Crippen LogP contribution is -2.02. The second-order valence-corrected chi connectivity index (χ2v) is 7.41. The molecule has 4 aromatic rings.